The molecule has 0 radical (unpaired) electrons. The maximum absolute atomic E-state index is 12.8. The largest absolute Gasteiger partial charge is 0.299 e. The van der Waals surface area contributed by atoms with E-state index in [0.717, 1.165) is 12.8 Å². The lowest BCUT2D eigenvalue weighted by Gasteiger charge is -2.18. The van der Waals surface area contributed by atoms with Crippen molar-refractivity contribution in [1.82, 2.24) is 0 Å². The zero-order valence-electron chi connectivity index (χ0n) is 15.1. The van der Waals surface area contributed by atoms with Crippen LogP contribution in [0.4, 0.5) is 0 Å². The molecule has 2 fully saturated rings. The lowest BCUT2D eigenvalue weighted by Crippen LogP contribution is -2.09. The quantitative estimate of drug-likeness (QED) is 0.434. The Kier molecular flexibility index (Phi) is 2.97. The first-order valence-electron chi connectivity index (χ1n) is 9.79. The molecule has 3 atom stereocenters. The standard InChI is InChI=1S/C26H20O/c27-23-14-15-26(22-11-5-9-18-7-3-4-10-21(18)22)24(25(23)26)20-13-12-17-6-1-2-8-19(17)16-20/h1-13,16,24-25H,14-15H2/t24-,25?,26+/m1/s1. The first-order valence-corrected chi connectivity index (χ1v) is 9.79. The van der Waals surface area contributed by atoms with Crippen LogP contribution in [-0.4, -0.2) is 5.78 Å². The Bertz CT molecular complexity index is 1220. The van der Waals surface area contributed by atoms with Gasteiger partial charge in [0.2, 0.25) is 0 Å². The maximum Gasteiger partial charge on any atom is 0.137 e. The molecule has 130 valence electrons. The van der Waals surface area contributed by atoms with Gasteiger partial charge in [0.15, 0.2) is 0 Å². The predicted octanol–water partition coefficient (Wildman–Crippen LogP) is 6.01. The number of benzene rings is 4. The molecule has 1 unspecified atom stereocenters. The second kappa shape index (κ2) is 5.29. The average Bonchev–Trinajstić information content (AvgIpc) is 3.30. The molecule has 4 aromatic rings. The zero-order chi connectivity index (χ0) is 18.0. The minimum absolute atomic E-state index is 0.0135. The highest BCUT2D eigenvalue weighted by Gasteiger charge is 2.71. The van der Waals surface area contributed by atoms with Gasteiger partial charge in [0.25, 0.3) is 0 Å². The highest BCUT2D eigenvalue weighted by Crippen LogP contribution is 2.72. The van der Waals surface area contributed by atoms with Gasteiger partial charge in [-0.15, -0.1) is 0 Å². The lowest BCUT2D eigenvalue weighted by molar-refractivity contribution is -0.119. The van der Waals surface area contributed by atoms with Crippen molar-refractivity contribution in [3.8, 4) is 0 Å². The second-order valence-corrected chi connectivity index (χ2v) is 8.10. The van der Waals surface area contributed by atoms with Crippen molar-refractivity contribution in [2.24, 2.45) is 5.92 Å². The molecular formula is C26H20O. The Labute approximate surface area is 158 Å². The van der Waals surface area contributed by atoms with E-state index in [1.807, 2.05) is 0 Å². The van der Waals surface area contributed by atoms with Crippen molar-refractivity contribution < 1.29 is 4.79 Å². The van der Waals surface area contributed by atoms with Gasteiger partial charge in [-0.25, -0.2) is 0 Å². The number of hydrogen-bond donors (Lipinski definition) is 0. The number of ketones is 1. The van der Waals surface area contributed by atoms with E-state index in [1.165, 1.54) is 32.7 Å². The van der Waals surface area contributed by atoms with E-state index in [0.29, 0.717) is 11.7 Å². The molecule has 1 nitrogen and oxygen atoms in total. The van der Waals surface area contributed by atoms with Gasteiger partial charge in [-0.05, 0) is 39.1 Å². The molecule has 0 bridgehead atoms. The van der Waals surface area contributed by atoms with Crippen LogP contribution in [0.2, 0.25) is 0 Å². The number of rotatable bonds is 2. The van der Waals surface area contributed by atoms with E-state index in [1.54, 1.807) is 0 Å². The Balaban J connectivity index is 1.55. The van der Waals surface area contributed by atoms with Crippen LogP contribution < -0.4 is 0 Å². The highest BCUT2D eigenvalue weighted by molar-refractivity contribution is 5.97. The van der Waals surface area contributed by atoms with E-state index in [2.05, 4.69) is 84.9 Å². The third-order valence-corrected chi connectivity index (χ3v) is 6.89. The molecular weight excluding hydrogens is 328 g/mol. The maximum atomic E-state index is 12.8. The van der Waals surface area contributed by atoms with Crippen LogP contribution in [0.25, 0.3) is 21.5 Å². The third kappa shape index (κ3) is 1.97. The fraction of sp³-hybridized carbons (Fsp3) is 0.192. The summed E-state index contributed by atoms with van der Waals surface area (Å²) in [6.45, 7) is 0. The van der Waals surface area contributed by atoms with Crippen molar-refractivity contribution in [2.75, 3.05) is 0 Å². The van der Waals surface area contributed by atoms with Gasteiger partial charge in [-0.3, -0.25) is 4.79 Å². The summed E-state index contributed by atoms with van der Waals surface area (Å²) in [4.78, 5) is 12.8. The Morgan fingerprint density at radius 3 is 2.33 bits per heavy atom. The molecule has 2 aliphatic rings. The van der Waals surface area contributed by atoms with E-state index < -0.39 is 0 Å². The molecule has 2 aliphatic carbocycles. The van der Waals surface area contributed by atoms with Crippen LogP contribution in [0.15, 0.2) is 84.9 Å². The van der Waals surface area contributed by atoms with Gasteiger partial charge in [0, 0.05) is 23.7 Å². The number of carbonyl (C=O) groups is 1. The first-order chi connectivity index (χ1) is 13.3. The van der Waals surface area contributed by atoms with Gasteiger partial charge in [-0.2, -0.15) is 0 Å². The molecule has 0 aliphatic heterocycles. The average molecular weight is 348 g/mol. The second-order valence-electron chi connectivity index (χ2n) is 8.10. The number of hydrogen-bond acceptors (Lipinski definition) is 1. The Morgan fingerprint density at radius 2 is 1.44 bits per heavy atom. The Morgan fingerprint density at radius 1 is 0.704 bits per heavy atom. The van der Waals surface area contributed by atoms with Gasteiger partial charge < -0.3 is 0 Å². The van der Waals surface area contributed by atoms with Crippen LogP contribution >= 0.6 is 0 Å². The summed E-state index contributed by atoms with van der Waals surface area (Å²) in [5, 5.41) is 5.10. The summed E-state index contributed by atoms with van der Waals surface area (Å²) in [5.41, 5.74) is 2.68. The van der Waals surface area contributed by atoms with Crippen LogP contribution in [0.5, 0.6) is 0 Å². The molecule has 1 heteroatoms. The first kappa shape index (κ1) is 15.2. The number of fused-ring (bicyclic) bond motifs is 3. The molecule has 0 amide bonds. The molecule has 2 saturated carbocycles. The van der Waals surface area contributed by atoms with Crippen molar-refractivity contribution in [2.45, 2.75) is 24.2 Å². The minimum atomic E-state index is -0.0135. The third-order valence-electron chi connectivity index (χ3n) is 6.89. The number of carbonyl (C=O) groups excluding carboxylic acids is 1. The molecule has 0 N–H and O–H groups in total. The van der Waals surface area contributed by atoms with E-state index in [9.17, 15) is 4.79 Å². The Hall–Kier alpha value is -2.93. The fourth-order valence-electron chi connectivity index (χ4n) is 5.70. The van der Waals surface area contributed by atoms with Crippen molar-refractivity contribution in [1.29, 1.82) is 0 Å². The SMILES string of the molecule is O=C1CC[C@@]2(c3cccc4ccccc34)C1[C@H]2c1ccc2ccccc2c1. The summed E-state index contributed by atoms with van der Waals surface area (Å²) >= 11 is 0. The molecule has 6 rings (SSSR count). The summed E-state index contributed by atoms with van der Waals surface area (Å²) in [6, 6.07) is 30.4. The monoisotopic (exact) mass is 348 g/mol. The van der Waals surface area contributed by atoms with Gasteiger partial charge in [0.1, 0.15) is 5.78 Å². The zero-order valence-corrected chi connectivity index (χ0v) is 15.1. The van der Waals surface area contributed by atoms with Gasteiger partial charge in [0.05, 0.1) is 0 Å². The highest BCUT2D eigenvalue weighted by atomic mass is 16.1. The van der Waals surface area contributed by atoms with Gasteiger partial charge in [-0.1, -0.05) is 84.9 Å². The van der Waals surface area contributed by atoms with E-state index >= 15 is 0 Å². The van der Waals surface area contributed by atoms with Crippen LogP contribution in [-0.2, 0) is 10.2 Å². The number of Topliss-reactive ketones (excluding diaryl/α,β-unsaturated/α-hetero) is 1. The normalized spacial score (nSPS) is 26.4. The van der Waals surface area contributed by atoms with E-state index in [4.69, 9.17) is 0 Å². The fourth-order valence-corrected chi connectivity index (χ4v) is 5.70. The molecule has 0 heterocycles. The van der Waals surface area contributed by atoms with Crippen molar-refractivity contribution >= 4 is 27.3 Å². The molecule has 0 spiro atoms. The lowest BCUT2D eigenvalue weighted by atomic mass is 9.85. The van der Waals surface area contributed by atoms with Crippen molar-refractivity contribution in [3.63, 3.8) is 0 Å². The van der Waals surface area contributed by atoms with Crippen LogP contribution in [0.3, 0.4) is 0 Å². The summed E-state index contributed by atoms with van der Waals surface area (Å²) in [7, 11) is 0. The summed E-state index contributed by atoms with van der Waals surface area (Å²) in [5.74, 6) is 0.903. The summed E-state index contributed by atoms with van der Waals surface area (Å²) < 4.78 is 0. The van der Waals surface area contributed by atoms with Crippen molar-refractivity contribution in [3.05, 3.63) is 96.1 Å². The smallest absolute Gasteiger partial charge is 0.137 e. The van der Waals surface area contributed by atoms with Crippen LogP contribution in [0.1, 0.15) is 29.9 Å². The summed E-state index contributed by atoms with van der Waals surface area (Å²) in [6.07, 6.45) is 1.69. The predicted molar refractivity (Wildman–Crippen MR) is 110 cm³/mol. The topological polar surface area (TPSA) is 17.1 Å². The van der Waals surface area contributed by atoms with Gasteiger partial charge >= 0.3 is 0 Å². The molecule has 0 saturated heterocycles. The van der Waals surface area contributed by atoms with Crippen LogP contribution in [0, 0.1) is 5.92 Å². The minimum Gasteiger partial charge on any atom is -0.299 e. The molecule has 4 aromatic carbocycles. The molecule has 0 aromatic heterocycles. The van der Waals surface area contributed by atoms with E-state index in [-0.39, 0.29) is 11.3 Å². The molecule has 27 heavy (non-hydrogen) atoms.